The summed E-state index contributed by atoms with van der Waals surface area (Å²) in [7, 11) is 5.39. The van der Waals surface area contributed by atoms with E-state index < -0.39 is 18.1 Å². The molecule has 0 rings (SSSR count). The summed E-state index contributed by atoms with van der Waals surface area (Å²) in [6.45, 7) is 4.59. The van der Waals surface area contributed by atoms with Crippen LogP contribution < -0.4 is 5.11 Å². The van der Waals surface area contributed by atoms with E-state index in [-0.39, 0.29) is 49.1 Å². The molecule has 2 unspecified atom stereocenters. The van der Waals surface area contributed by atoms with Crippen LogP contribution in [-0.2, 0) is 28.6 Å². The summed E-state index contributed by atoms with van der Waals surface area (Å²) >= 11 is 0. The van der Waals surface area contributed by atoms with Crippen LogP contribution in [0.1, 0.15) is 187 Å². The van der Waals surface area contributed by atoms with Crippen LogP contribution >= 0.6 is 0 Å². The van der Waals surface area contributed by atoms with Crippen LogP contribution in [0.15, 0.2) is 12.2 Å². The lowest BCUT2D eigenvalue weighted by atomic mass is 10.0. The summed E-state index contributed by atoms with van der Waals surface area (Å²) in [5.74, 6) is -1.79. The number of rotatable bonds is 37. The third-order valence-corrected chi connectivity index (χ3v) is 9.42. The molecule has 0 aromatic rings. The van der Waals surface area contributed by atoms with Gasteiger partial charge in [-0.3, -0.25) is 9.59 Å². The van der Waals surface area contributed by atoms with Crippen LogP contribution in [0.2, 0.25) is 0 Å². The van der Waals surface area contributed by atoms with Crippen LogP contribution in [0.3, 0.4) is 0 Å². The van der Waals surface area contributed by atoms with Gasteiger partial charge < -0.3 is 28.6 Å². The molecule has 0 spiro atoms. The van der Waals surface area contributed by atoms with Gasteiger partial charge in [0, 0.05) is 19.3 Å². The Kier molecular flexibility index (Phi) is 32.9. The number of aliphatic carboxylic acids is 1. The number of carboxylic acids is 1. The zero-order valence-corrected chi connectivity index (χ0v) is 33.3. The van der Waals surface area contributed by atoms with Crippen LogP contribution in [-0.4, -0.2) is 75.5 Å². The van der Waals surface area contributed by atoms with E-state index in [0.717, 1.165) is 32.1 Å². The van der Waals surface area contributed by atoms with Crippen LogP contribution in [0.5, 0.6) is 0 Å². The molecule has 0 saturated heterocycles. The van der Waals surface area contributed by atoms with Gasteiger partial charge in [-0.2, -0.15) is 0 Å². The molecule has 0 aromatic heterocycles. The summed E-state index contributed by atoms with van der Waals surface area (Å²) < 4.78 is 17.0. The number of allylic oxidation sites excluding steroid dienone is 2. The van der Waals surface area contributed by atoms with Crippen LogP contribution in [0, 0.1) is 0 Å². The normalized spacial score (nSPS) is 13.1. The van der Waals surface area contributed by atoms with Crippen molar-refractivity contribution in [1.82, 2.24) is 0 Å². The SMILES string of the molecule is CCCCCC/C=C/CCC(=O)OC(COCCC(C(=O)[O-])[N+](C)(C)C)COC(=O)CCCCCCCCCCCCCCCCCCCC. The number of ether oxygens (including phenoxy) is 3. The average Bonchev–Trinajstić information content (AvgIpc) is 3.06. The maximum absolute atomic E-state index is 12.5. The molecule has 8 nitrogen and oxygen atoms in total. The van der Waals surface area contributed by atoms with E-state index in [1.54, 1.807) is 21.1 Å². The van der Waals surface area contributed by atoms with Crippen molar-refractivity contribution in [2.75, 3.05) is 41.0 Å². The first-order chi connectivity index (χ1) is 24.1. The number of carbonyl (C=O) groups excluding carboxylic acids is 3. The molecule has 2 atom stereocenters. The van der Waals surface area contributed by atoms with Crippen molar-refractivity contribution in [3.05, 3.63) is 12.2 Å². The molecule has 8 heteroatoms. The van der Waals surface area contributed by atoms with Crippen molar-refractivity contribution in [3.8, 4) is 0 Å². The van der Waals surface area contributed by atoms with E-state index in [4.69, 9.17) is 14.2 Å². The van der Waals surface area contributed by atoms with Crippen LogP contribution in [0.4, 0.5) is 0 Å². The first-order valence-corrected chi connectivity index (χ1v) is 20.7. The quantitative estimate of drug-likeness (QED) is 0.0274. The molecule has 0 fully saturated rings. The minimum atomic E-state index is -1.13. The second-order valence-electron chi connectivity index (χ2n) is 15.2. The highest BCUT2D eigenvalue weighted by atomic mass is 16.6. The molecular formula is C42H79NO7. The fourth-order valence-electron chi connectivity index (χ4n) is 6.15. The van der Waals surface area contributed by atoms with Gasteiger partial charge in [-0.05, 0) is 25.7 Å². The predicted molar refractivity (Wildman–Crippen MR) is 204 cm³/mol. The highest BCUT2D eigenvalue weighted by Gasteiger charge is 2.25. The Hall–Kier alpha value is -1.93. The molecule has 294 valence electrons. The Balaban J connectivity index is 4.24. The average molecular weight is 710 g/mol. The van der Waals surface area contributed by atoms with Crippen molar-refractivity contribution < 1.29 is 38.2 Å². The van der Waals surface area contributed by atoms with Gasteiger partial charge in [0.1, 0.15) is 12.6 Å². The molecule has 0 saturated carbocycles. The van der Waals surface area contributed by atoms with Gasteiger partial charge in [-0.1, -0.05) is 154 Å². The molecule has 0 aliphatic carbocycles. The number of unbranched alkanes of at least 4 members (excludes halogenated alkanes) is 21. The lowest BCUT2D eigenvalue weighted by Gasteiger charge is -2.34. The summed E-state index contributed by atoms with van der Waals surface area (Å²) in [4.78, 5) is 36.6. The second kappa shape index (κ2) is 34.2. The van der Waals surface area contributed by atoms with Gasteiger partial charge in [0.2, 0.25) is 0 Å². The number of likely N-dealkylation sites (N-methyl/N-ethyl adjacent to an activating group) is 1. The number of carbonyl (C=O) groups is 3. The van der Waals surface area contributed by atoms with E-state index >= 15 is 0 Å². The number of nitrogens with zero attached hydrogens (tertiary/aromatic N) is 1. The Labute approximate surface area is 308 Å². The minimum absolute atomic E-state index is 0.0302. The summed E-state index contributed by atoms with van der Waals surface area (Å²) in [5, 5.41) is 11.6. The molecule has 0 aromatic carbocycles. The minimum Gasteiger partial charge on any atom is -0.544 e. The monoisotopic (exact) mass is 710 g/mol. The van der Waals surface area contributed by atoms with Crippen LogP contribution in [0.25, 0.3) is 0 Å². The van der Waals surface area contributed by atoms with E-state index in [1.165, 1.54) is 116 Å². The highest BCUT2D eigenvalue weighted by Crippen LogP contribution is 2.15. The predicted octanol–water partition coefficient (Wildman–Crippen LogP) is 9.41. The summed E-state index contributed by atoms with van der Waals surface area (Å²) in [6.07, 6.45) is 34.0. The zero-order valence-electron chi connectivity index (χ0n) is 33.3. The van der Waals surface area contributed by atoms with Gasteiger partial charge in [0.05, 0.1) is 40.3 Å². The smallest absolute Gasteiger partial charge is 0.306 e. The lowest BCUT2D eigenvalue weighted by Crippen LogP contribution is -2.55. The first-order valence-electron chi connectivity index (χ1n) is 20.7. The number of carboxylic acid groups (broad SMARTS) is 1. The topological polar surface area (TPSA) is 102 Å². The number of hydrogen-bond donors (Lipinski definition) is 0. The van der Waals surface area contributed by atoms with Gasteiger partial charge in [0.15, 0.2) is 6.10 Å². The maximum atomic E-state index is 12.5. The molecule has 0 N–H and O–H groups in total. The van der Waals surface area contributed by atoms with Crippen molar-refractivity contribution in [1.29, 1.82) is 0 Å². The van der Waals surface area contributed by atoms with Gasteiger partial charge in [-0.25, -0.2) is 0 Å². The van der Waals surface area contributed by atoms with Crippen molar-refractivity contribution >= 4 is 17.9 Å². The van der Waals surface area contributed by atoms with E-state index in [0.29, 0.717) is 12.8 Å². The van der Waals surface area contributed by atoms with Gasteiger partial charge in [-0.15, -0.1) is 0 Å². The molecule has 0 heterocycles. The Bertz CT molecular complexity index is 838. The maximum Gasteiger partial charge on any atom is 0.306 e. The first kappa shape index (κ1) is 48.1. The fraction of sp³-hybridized carbons (Fsp3) is 0.881. The standard InChI is InChI=1S/C42H79NO7/c1-6-8-10-12-14-16-17-18-19-20-21-22-23-24-25-27-28-30-32-40(44)49-37-38(36-48-35-34-39(42(46)47)43(3,4)5)50-41(45)33-31-29-26-15-13-11-9-7-2/h26,29,38-39H,6-25,27-28,30-37H2,1-5H3/b29-26+. The number of quaternary nitrogens is 1. The lowest BCUT2D eigenvalue weighted by molar-refractivity contribution is -0.889. The van der Waals surface area contributed by atoms with E-state index in [9.17, 15) is 19.5 Å². The molecule has 50 heavy (non-hydrogen) atoms. The zero-order chi connectivity index (χ0) is 37.1. The van der Waals surface area contributed by atoms with E-state index in [1.807, 2.05) is 6.08 Å². The summed E-state index contributed by atoms with van der Waals surface area (Å²) in [6, 6.07) is -0.725. The van der Waals surface area contributed by atoms with Crippen molar-refractivity contribution in [2.45, 2.75) is 199 Å². The summed E-state index contributed by atoms with van der Waals surface area (Å²) in [5.41, 5.74) is 0. The Morgan fingerprint density at radius 3 is 1.52 bits per heavy atom. The Morgan fingerprint density at radius 1 is 0.580 bits per heavy atom. The number of hydrogen-bond acceptors (Lipinski definition) is 7. The Morgan fingerprint density at radius 2 is 1.04 bits per heavy atom. The molecule has 0 aliphatic heterocycles. The molecule has 0 bridgehead atoms. The fourth-order valence-corrected chi connectivity index (χ4v) is 6.15. The molecule has 0 amide bonds. The van der Waals surface area contributed by atoms with Crippen molar-refractivity contribution in [3.63, 3.8) is 0 Å². The number of esters is 2. The van der Waals surface area contributed by atoms with Gasteiger partial charge >= 0.3 is 11.9 Å². The largest absolute Gasteiger partial charge is 0.544 e. The highest BCUT2D eigenvalue weighted by molar-refractivity contribution is 5.70. The van der Waals surface area contributed by atoms with Gasteiger partial charge in [0.25, 0.3) is 0 Å². The molecular weight excluding hydrogens is 630 g/mol. The third kappa shape index (κ3) is 32.0. The second-order valence-corrected chi connectivity index (χ2v) is 15.2. The van der Waals surface area contributed by atoms with E-state index in [2.05, 4.69) is 19.9 Å². The molecule has 0 radical (unpaired) electrons. The third-order valence-electron chi connectivity index (χ3n) is 9.42. The van der Waals surface area contributed by atoms with Crippen molar-refractivity contribution in [2.24, 2.45) is 0 Å². The molecule has 0 aliphatic rings.